The quantitative estimate of drug-likeness (QED) is 0.563. The van der Waals surface area contributed by atoms with Crippen LogP contribution in [0.1, 0.15) is 40.0 Å². The van der Waals surface area contributed by atoms with Crippen LogP contribution in [-0.4, -0.2) is 31.9 Å². The molecule has 1 aliphatic carbocycles. The number of anilines is 1. The summed E-state index contributed by atoms with van der Waals surface area (Å²) in [4.78, 5) is 22.5. The average Bonchev–Trinajstić information content (AvgIpc) is 3.02. The Hall–Kier alpha value is -2.64. The lowest BCUT2D eigenvalue weighted by molar-refractivity contribution is -0.140. The fourth-order valence-electron chi connectivity index (χ4n) is 2.75. The molecule has 0 bridgehead atoms. The van der Waals surface area contributed by atoms with E-state index in [4.69, 9.17) is 18.7 Å². The van der Waals surface area contributed by atoms with Crippen LogP contribution >= 0.6 is 0 Å². The minimum atomic E-state index is -1.47. The highest BCUT2D eigenvalue weighted by molar-refractivity contribution is 6.41. The molecule has 2 rings (SSSR count). The van der Waals surface area contributed by atoms with Crippen molar-refractivity contribution in [2.75, 3.05) is 11.9 Å². The SMILES string of the molecule is CCO/C(OB(OC(C)=O)OC(C)=O)=C1\CCCC1Nc1ccccc1. The molecule has 26 heavy (non-hydrogen) atoms. The molecule has 140 valence electrons. The van der Waals surface area contributed by atoms with Gasteiger partial charge in [-0.25, -0.2) is 0 Å². The van der Waals surface area contributed by atoms with Gasteiger partial charge >= 0.3 is 7.32 Å². The Morgan fingerprint density at radius 3 is 2.35 bits per heavy atom. The third-order valence-corrected chi connectivity index (χ3v) is 3.74. The highest BCUT2D eigenvalue weighted by Gasteiger charge is 2.36. The number of rotatable bonds is 8. The van der Waals surface area contributed by atoms with Crippen molar-refractivity contribution in [3.8, 4) is 0 Å². The largest absolute Gasteiger partial charge is 0.870 e. The van der Waals surface area contributed by atoms with Gasteiger partial charge in [0.1, 0.15) is 0 Å². The van der Waals surface area contributed by atoms with Crippen LogP contribution in [0.4, 0.5) is 5.69 Å². The van der Waals surface area contributed by atoms with Gasteiger partial charge < -0.3 is 24.0 Å². The van der Waals surface area contributed by atoms with E-state index in [-0.39, 0.29) is 12.0 Å². The average molecular weight is 361 g/mol. The first-order chi connectivity index (χ1) is 12.5. The number of ether oxygens (including phenoxy) is 1. The first-order valence-electron chi connectivity index (χ1n) is 8.68. The van der Waals surface area contributed by atoms with Gasteiger partial charge in [0, 0.05) is 25.1 Å². The van der Waals surface area contributed by atoms with Crippen molar-refractivity contribution < 1.29 is 28.3 Å². The lowest BCUT2D eigenvalue weighted by atomic mass is 10.1. The molecule has 8 heteroatoms. The van der Waals surface area contributed by atoms with Gasteiger partial charge in [-0.3, -0.25) is 9.59 Å². The lowest BCUT2D eigenvalue weighted by Gasteiger charge is -2.21. The molecule has 0 aliphatic heterocycles. The molecule has 0 spiro atoms. The maximum Gasteiger partial charge on any atom is 0.870 e. The summed E-state index contributed by atoms with van der Waals surface area (Å²) in [6.45, 7) is 4.61. The molecule has 0 radical (unpaired) electrons. The molecule has 0 amide bonds. The predicted octanol–water partition coefficient (Wildman–Crippen LogP) is 3.03. The van der Waals surface area contributed by atoms with Crippen molar-refractivity contribution in [3.05, 3.63) is 41.9 Å². The summed E-state index contributed by atoms with van der Waals surface area (Å²) in [5.41, 5.74) is 1.91. The van der Waals surface area contributed by atoms with E-state index in [1.807, 2.05) is 37.3 Å². The van der Waals surface area contributed by atoms with Crippen LogP contribution in [0, 0.1) is 0 Å². The number of carbonyl (C=O) groups is 2. The number of carbonyl (C=O) groups excluding carboxylic acids is 2. The maximum atomic E-state index is 11.2. The Labute approximate surface area is 153 Å². The summed E-state index contributed by atoms with van der Waals surface area (Å²) in [5, 5.41) is 3.45. The van der Waals surface area contributed by atoms with Crippen LogP contribution in [0.25, 0.3) is 0 Å². The second-order valence-corrected chi connectivity index (χ2v) is 5.83. The van der Waals surface area contributed by atoms with E-state index in [2.05, 4.69) is 5.32 Å². The molecule has 1 unspecified atom stereocenters. The van der Waals surface area contributed by atoms with Gasteiger partial charge in [-0.05, 0) is 38.3 Å². The lowest BCUT2D eigenvalue weighted by Crippen LogP contribution is -2.32. The van der Waals surface area contributed by atoms with Crippen LogP contribution in [0.2, 0.25) is 0 Å². The molecule has 1 atom stereocenters. The normalized spacial score (nSPS) is 17.9. The summed E-state index contributed by atoms with van der Waals surface area (Å²) in [7, 11) is -1.47. The van der Waals surface area contributed by atoms with Crippen LogP contribution in [0.15, 0.2) is 41.9 Å². The topological polar surface area (TPSA) is 83.1 Å². The molecule has 0 heterocycles. The fourth-order valence-corrected chi connectivity index (χ4v) is 2.75. The number of hydrogen-bond donors (Lipinski definition) is 1. The monoisotopic (exact) mass is 361 g/mol. The standard InChI is InChI=1S/C18H24BNO6/c1-4-23-18(26-19(24-13(2)21)25-14(3)22)16-11-8-12-17(16)20-15-9-6-5-7-10-15/h5-7,9-10,17,20H,4,8,11-12H2,1-3H3/b18-16-. The third-order valence-electron chi connectivity index (χ3n) is 3.74. The smallest absolute Gasteiger partial charge is 0.467 e. The highest BCUT2D eigenvalue weighted by Crippen LogP contribution is 2.31. The molecule has 1 aliphatic rings. The van der Waals surface area contributed by atoms with Crippen molar-refractivity contribution >= 4 is 24.9 Å². The molecule has 1 fully saturated rings. The zero-order valence-electron chi connectivity index (χ0n) is 15.3. The van der Waals surface area contributed by atoms with E-state index >= 15 is 0 Å². The molecular formula is C18H24BNO6. The van der Waals surface area contributed by atoms with Gasteiger partial charge in [0.15, 0.2) is 0 Å². The Kier molecular flexibility index (Phi) is 7.38. The van der Waals surface area contributed by atoms with Crippen molar-refractivity contribution in [3.63, 3.8) is 0 Å². The van der Waals surface area contributed by atoms with Gasteiger partial charge in [0.25, 0.3) is 17.9 Å². The Morgan fingerprint density at radius 2 is 1.77 bits per heavy atom. The predicted molar refractivity (Wildman–Crippen MR) is 96.7 cm³/mol. The van der Waals surface area contributed by atoms with E-state index in [0.29, 0.717) is 6.61 Å². The van der Waals surface area contributed by atoms with Crippen molar-refractivity contribution in [2.45, 2.75) is 46.1 Å². The van der Waals surface area contributed by atoms with Crippen LogP contribution in [0.3, 0.4) is 0 Å². The summed E-state index contributed by atoms with van der Waals surface area (Å²) >= 11 is 0. The minimum Gasteiger partial charge on any atom is -0.467 e. The van der Waals surface area contributed by atoms with Crippen LogP contribution in [-0.2, 0) is 28.3 Å². The summed E-state index contributed by atoms with van der Waals surface area (Å²) in [6.07, 6.45) is 2.65. The van der Waals surface area contributed by atoms with Crippen LogP contribution < -0.4 is 5.32 Å². The van der Waals surface area contributed by atoms with Crippen molar-refractivity contribution in [2.24, 2.45) is 0 Å². The van der Waals surface area contributed by atoms with E-state index in [0.717, 1.165) is 30.5 Å². The third kappa shape index (κ3) is 6.02. The molecule has 0 aromatic heterocycles. The number of hydrogen-bond acceptors (Lipinski definition) is 7. The molecule has 1 aromatic carbocycles. The zero-order valence-corrected chi connectivity index (χ0v) is 15.3. The molecule has 7 nitrogen and oxygen atoms in total. The van der Waals surface area contributed by atoms with E-state index < -0.39 is 19.3 Å². The Bertz CT molecular complexity index is 632. The Morgan fingerprint density at radius 1 is 1.12 bits per heavy atom. The number of benzene rings is 1. The second-order valence-electron chi connectivity index (χ2n) is 5.83. The first-order valence-corrected chi connectivity index (χ1v) is 8.68. The van der Waals surface area contributed by atoms with Gasteiger partial charge in [-0.2, -0.15) is 0 Å². The minimum absolute atomic E-state index is 0.0225. The molecule has 0 saturated heterocycles. The first kappa shape index (κ1) is 19.7. The van der Waals surface area contributed by atoms with Gasteiger partial charge in [0.2, 0.25) is 0 Å². The van der Waals surface area contributed by atoms with E-state index in [9.17, 15) is 9.59 Å². The van der Waals surface area contributed by atoms with Gasteiger partial charge in [0.05, 0.1) is 12.6 Å². The summed E-state index contributed by atoms with van der Waals surface area (Å²) < 4.78 is 21.0. The molecule has 1 aromatic rings. The second kappa shape index (κ2) is 9.75. The molecule has 1 N–H and O–H groups in total. The molecule has 1 saturated carbocycles. The van der Waals surface area contributed by atoms with Crippen LogP contribution in [0.5, 0.6) is 0 Å². The van der Waals surface area contributed by atoms with Crippen molar-refractivity contribution in [1.82, 2.24) is 0 Å². The summed E-state index contributed by atoms with van der Waals surface area (Å²) in [5.74, 6) is -1.02. The zero-order chi connectivity index (χ0) is 18.9. The van der Waals surface area contributed by atoms with E-state index in [1.54, 1.807) is 0 Å². The number of para-hydroxylation sites is 1. The van der Waals surface area contributed by atoms with E-state index in [1.165, 1.54) is 13.8 Å². The highest BCUT2D eigenvalue weighted by atomic mass is 16.8. The maximum absolute atomic E-state index is 11.2. The van der Waals surface area contributed by atoms with Gasteiger partial charge in [-0.15, -0.1) is 0 Å². The van der Waals surface area contributed by atoms with Gasteiger partial charge in [-0.1, -0.05) is 18.2 Å². The Balaban J connectivity index is 2.20. The summed E-state index contributed by atoms with van der Waals surface area (Å²) in [6, 6.07) is 9.86. The fraction of sp³-hybridized carbons (Fsp3) is 0.444. The molecular weight excluding hydrogens is 337 g/mol. The van der Waals surface area contributed by atoms with Crippen molar-refractivity contribution in [1.29, 1.82) is 0 Å². The number of nitrogens with one attached hydrogen (secondary N) is 1.